The first kappa shape index (κ1) is 15.6. The van der Waals surface area contributed by atoms with Gasteiger partial charge in [0.05, 0.1) is 20.8 Å². The normalized spacial score (nSPS) is 10.3. The van der Waals surface area contributed by atoms with Gasteiger partial charge >= 0.3 is 0 Å². The van der Waals surface area contributed by atoms with Gasteiger partial charge in [0, 0.05) is 6.54 Å². The standard InChI is InChI=1S/C15H25NO3/c1-5-7-16-11-12-9-13(17-3)15(19-8-6-2)14(10-12)18-4/h9-10,16H,5-8,11H2,1-4H3. The highest BCUT2D eigenvalue weighted by Crippen LogP contribution is 2.38. The fourth-order valence-electron chi connectivity index (χ4n) is 1.79. The van der Waals surface area contributed by atoms with Crippen LogP contribution in [-0.4, -0.2) is 27.4 Å². The fourth-order valence-corrected chi connectivity index (χ4v) is 1.79. The van der Waals surface area contributed by atoms with E-state index in [9.17, 15) is 0 Å². The lowest BCUT2D eigenvalue weighted by Crippen LogP contribution is -2.14. The van der Waals surface area contributed by atoms with E-state index >= 15 is 0 Å². The van der Waals surface area contributed by atoms with Crippen LogP contribution in [0.4, 0.5) is 0 Å². The molecule has 0 saturated heterocycles. The minimum atomic E-state index is 0.653. The van der Waals surface area contributed by atoms with Crippen LogP contribution in [-0.2, 0) is 6.54 Å². The molecule has 0 fully saturated rings. The van der Waals surface area contributed by atoms with Crippen LogP contribution < -0.4 is 19.5 Å². The lowest BCUT2D eigenvalue weighted by atomic mass is 10.1. The Kier molecular flexibility index (Phi) is 7.11. The van der Waals surface area contributed by atoms with E-state index in [0.717, 1.165) is 43.0 Å². The largest absolute Gasteiger partial charge is 0.493 e. The molecule has 1 aromatic rings. The molecule has 0 amide bonds. The molecule has 0 aliphatic heterocycles. The van der Waals surface area contributed by atoms with E-state index in [4.69, 9.17) is 14.2 Å². The van der Waals surface area contributed by atoms with Crippen molar-refractivity contribution in [2.75, 3.05) is 27.4 Å². The maximum Gasteiger partial charge on any atom is 0.203 e. The topological polar surface area (TPSA) is 39.7 Å². The van der Waals surface area contributed by atoms with Crippen LogP contribution in [0.2, 0.25) is 0 Å². The Hall–Kier alpha value is -1.42. The van der Waals surface area contributed by atoms with E-state index < -0.39 is 0 Å². The molecule has 0 atom stereocenters. The molecule has 0 unspecified atom stereocenters. The van der Waals surface area contributed by atoms with Crippen LogP contribution in [0, 0.1) is 0 Å². The van der Waals surface area contributed by atoms with Crippen molar-refractivity contribution in [3.63, 3.8) is 0 Å². The van der Waals surface area contributed by atoms with Crippen molar-refractivity contribution in [2.45, 2.75) is 33.2 Å². The maximum absolute atomic E-state index is 5.71. The number of benzene rings is 1. The summed E-state index contributed by atoms with van der Waals surface area (Å²) in [5, 5.41) is 3.36. The third kappa shape index (κ3) is 4.63. The zero-order valence-corrected chi connectivity index (χ0v) is 12.4. The lowest BCUT2D eigenvalue weighted by Gasteiger charge is -2.16. The highest BCUT2D eigenvalue weighted by molar-refractivity contribution is 5.53. The lowest BCUT2D eigenvalue weighted by molar-refractivity contribution is 0.274. The predicted molar refractivity (Wildman–Crippen MR) is 77.3 cm³/mol. The molecular weight excluding hydrogens is 242 g/mol. The molecule has 0 radical (unpaired) electrons. The number of rotatable bonds is 9. The molecule has 1 rings (SSSR count). The molecule has 1 N–H and O–H groups in total. The van der Waals surface area contributed by atoms with Gasteiger partial charge in [-0.3, -0.25) is 0 Å². The first-order valence-electron chi connectivity index (χ1n) is 6.85. The number of nitrogens with one attached hydrogen (secondary N) is 1. The van der Waals surface area contributed by atoms with Crippen molar-refractivity contribution in [2.24, 2.45) is 0 Å². The minimum absolute atomic E-state index is 0.653. The van der Waals surface area contributed by atoms with Gasteiger partial charge in [-0.15, -0.1) is 0 Å². The molecule has 108 valence electrons. The first-order valence-corrected chi connectivity index (χ1v) is 6.85. The van der Waals surface area contributed by atoms with Gasteiger partial charge in [0.1, 0.15) is 0 Å². The van der Waals surface area contributed by atoms with E-state index in [0.29, 0.717) is 12.4 Å². The predicted octanol–water partition coefficient (Wildman–Crippen LogP) is 2.99. The zero-order chi connectivity index (χ0) is 14.1. The maximum atomic E-state index is 5.71. The van der Waals surface area contributed by atoms with Gasteiger partial charge in [0.25, 0.3) is 0 Å². The first-order chi connectivity index (χ1) is 9.26. The fraction of sp³-hybridized carbons (Fsp3) is 0.600. The van der Waals surface area contributed by atoms with Crippen molar-refractivity contribution in [1.29, 1.82) is 0 Å². The molecule has 4 nitrogen and oxygen atoms in total. The van der Waals surface area contributed by atoms with Crippen molar-refractivity contribution >= 4 is 0 Å². The average molecular weight is 267 g/mol. The van der Waals surface area contributed by atoms with E-state index in [2.05, 4.69) is 19.2 Å². The van der Waals surface area contributed by atoms with Gasteiger partial charge in [0.15, 0.2) is 11.5 Å². The Bertz CT molecular complexity index is 355. The number of ether oxygens (including phenoxy) is 3. The van der Waals surface area contributed by atoms with Crippen molar-refractivity contribution in [1.82, 2.24) is 5.32 Å². The van der Waals surface area contributed by atoms with Crippen molar-refractivity contribution in [3.8, 4) is 17.2 Å². The third-order valence-electron chi connectivity index (χ3n) is 2.73. The van der Waals surface area contributed by atoms with Crippen LogP contribution in [0.15, 0.2) is 12.1 Å². The highest BCUT2D eigenvalue weighted by Gasteiger charge is 2.13. The van der Waals surface area contributed by atoms with Gasteiger partial charge in [-0.25, -0.2) is 0 Å². The summed E-state index contributed by atoms with van der Waals surface area (Å²) in [5.74, 6) is 2.13. The van der Waals surface area contributed by atoms with Gasteiger partial charge in [-0.05, 0) is 37.1 Å². The van der Waals surface area contributed by atoms with E-state index in [1.54, 1.807) is 14.2 Å². The Labute approximate surface area is 116 Å². The summed E-state index contributed by atoms with van der Waals surface area (Å²) >= 11 is 0. The smallest absolute Gasteiger partial charge is 0.203 e. The molecular formula is C15H25NO3. The summed E-state index contributed by atoms with van der Waals surface area (Å²) in [5.41, 5.74) is 1.13. The SMILES string of the molecule is CCCNCc1cc(OC)c(OCCC)c(OC)c1. The Morgan fingerprint density at radius 3 is 2.11 bits per heavy atom. The number of hydrogen-bond donors (Lipinski definition) is 1. The summed E-state index contributed by atoms with van der Waals surface area (Å²) in [6.07, 6.45) is 2.07. The van der Waals surface area contributed by atoms with Crippen LogP contribution in [0.3, 0.4) is 0 Å². The van der Waals surface area contributed by atoms with Crippen LogP contribution in [0.1, 0.15) is 32.3 Å². The van der Waals surface area contributed by atoms with Gasteiger partial charge in [-0.2, -0.15) is 0 Å². The molecule has 19 heavy (non-hydrogen) atoms. The highest BCUT2D eigenvalue weighted by atomic mass is 16.5. The Morgan fingerprint density at radius 2 is 1.63 bits per heavy atom. The molecule has 0 spiro atoms. The van der Waals surface area contributed by atoms with Crippen LogP contribution >= 0.6 is 0 Å². The summed E-state index contributed by atoms with van der Waals surface area (Å²) in [7, 11) is 3.30. The van der Waals surface area contributed by atoms with Gasteiger partial charge in [0.2, 0.25) is 5.75 Å². The van der Waals surface area contributed by atoms with Gasteiger partial charge < -0.3 is 19.5 Å². The quantitative estimate of drug-likeness (QED) is 0.698. The summed E-state index contributed by atoms with van der Waals surface area (Å²) < 4.78 is 16.5. The van der Waals surface area contributed by atoms with Crippen LogP contribution in [0.5, 0.6) is 17.2 Å². The summed E-state index contributed by atoms with van der Waals surface area (Å²) in [4.78, 5) is 0. The molecule has 0 aliphatic rings. The molecule has 4 heteroatoms. The number of hydrogen-bond acceptors (Lipinski definition) is 4. The van der Waals surface area contributed by atoms with Crippen LogP contribution in [0.25, 0.3) is 0 Å². The Balaban J connectivity index is 2.91. The van der Waals surface area contributed by atoms with E-state index in [-0.39, 0.29) is 0 Å². The minimum Gasteiger partial charge on any atom is -0.493 e. The van der Waals surface area contributed by atoms with Gasteiger partial charge in [-0.1, -0.05) is 13.8 Å². The monoisotopic (exact) mass is 267 g/mol. The molecule has 0 heterocycles. The average Bonchev–Trinajstić information content (AvgIpc) is 2.45. The second kappa shape index (κ2) is 8.64. The molecule has 0 aromatic heterocycles. The molecule has 0 bridgehead atoms. The second-order valence-electron chi connectivity index (χ2n) is 4.35. The third-order valence-corrected chi connectivity index (χ3v) is 2.73. The molecule has 0 saturated carbocycles. The van der Waals surface area contributed by atoms with Crippen molar-refractivity contribution in [3.05, 3.63) is 17.7 Å². The van der Waals surface area contributed by atoms with E-state index in [1.807, 2.05) is 12.1 Å². The molecule has 1 aromatic carbocycles. The molecule has 0 aliphatic carbocycles. The van der Waals surface area contributed by atoms with E-state index in [1.165, 1.54) is 0 Å². The number of methoxy groups -OCH3 is 2. The summed E-state index contributed by atoms with van der Waals surface area (Å²) in [6, 6.07) is 3.99. The summed E-state index contributed by atoms with van der Waals surface area (Å²) in [6.45, 7) is 6.67. The Morgan fingerprint density at radius 1 is 1.00 bits per heavy atom. The van der Waals surface area contributed by atoms with Crippen molar-refractivity contribution < 1.29 is 14.2 Å². The second-order valence-corrected chi connectivity index (χ2v) is 4.35. The zero-order valence-electron chi connectivity index (χ0n) is 12.4.